The molecule has 1 aromatic carbocycles. The third-order valence-corrected chi connectivity index (χ3v) is 5.05. The second-order valence-electron chi connectivity index (χ2n) is 6.52. The van der Waals surface area contributed by atoms with Crippen LogP contribution in [0.2, 0.25) is 0 Å². The maximum absolute atomic E-state index is 5.44. The summed E-state index contributed by atoms with van der Waals surface area (Å²) in [5.74, 6) is 1.34. The van der Waals surface area contributed by atoms with Gasteiger partial charge in [-0.1, -0.05) is 53.6 Å². The molecule has 0 aliphatic rings. The van der Waals surface area contributed by atoms with E-state index in [1.807, 2.05) is 37.4 Å². The van der Waals surface area contributed by atoms with Gasteiger partial charge < -0.3 is 4.52 Å². The highest BCUT2D eigenvalue weighted by atomic mass is 79.9. The van der Waals surface area contributed by atoms with Gasteiger partial charge in [0, 0.05) is 28.0 Å². The smallest absolute Gasteiger partial charge is 0.239 e. The van der Waals surface area contributed by atoms with E-state index in [1.54, 1.807) is 18.0 Å². The highest BCUT2D eigenvalue weighted by molar-refractivity contribution is 9.10. The van der Waals surface area contributed by atoms with Crippen LogP contribution in [0, 0.1) is 0 Å². The molecule has 3 aromatic rings. The lowest BCUT2D eigenvalue weighted by Crippen LogP contribution is -2.13. The van der Waals surface area contributed by atoms with Gasteiger partial charge in [0.05, 0.1) is 5.25 Å². The van der Waals surface area contributed by atoms with Gasteiger partial charge >= 0.3 is 0 Å². The molecule has 0 amide bonds. The minimum absolute atomic E-state index is 0.0187. The van der Waals surface area contributed by atoms with E-state index in [9.17, 15) is 0 Å². The molecule has 0 aliphatic heterocycles. The van der Waals surface area contributed by atoms with Gasteiger partial charge in [-0.3, -0.25) is 4.57 Å². The first-order chi connectivity index (χ1) is 11.3. The highest BCUT2D eigenvalue weighted by Crippen LogP contribution is 2.35. The second-order valence-corrected chi connectivity index (χ2v) is 8.75. The molecule has 0 radical (unpaired) electrons. The Morgan fingerprint density at radius 3 is 2.54 bits per heavy atom. The van der Waals surface area contributed by atoms with Crippen molar-refractivity contribution < 1.29 is 4.52 Å². The quantitative estimate of drug-likeness (QED) is 0.559. The number of halogens is 1. The predicted molar refractivity (Wildman–Crippen MR) is 98.5 cm³/mol. The van der Waals surface area contributed by atoms with Crippen LogP contribution in [0.5, 0.6) is 0 Å². The van der Waals surface area contributed by atoms with Gasteiger partial charge in [-0.25, -0.2) is 4.98 Å². The molecule has 3 rings (SSSR count). The summed E-state index contributed by atoms with van der Waals surface area (Å²) < 4.78 is 8.54. The molecule has 0 saturated carbocycles. The molecular formula is C17H19BrN4OS. The maximum Gasteiger partial charge on any atom is 0.239 e. The molecule has 0 spiro atoms. The first kappa shape index (κ1) is 17.2. The van der Waals surface area contributed by atoms with Crippen LogP contribution in [-0.4, -0.2) is 19.7 Å². The van der Waals surface area contributed by atoms with Crippen LogP contribution in [0.1, 0.15) is 44.7 Å². The number of hydrogen-bond donors (Lipinski definition) is 0. The average molecular weight is 407 g/mol. The fraction of sp³-hybridized carbons (Fsp3) is 0.353. The van der Waals surface area contributed by atoms with Crippen molar-refractivity contribution >= 4 is 27.7 Å². The zero-order valence-electron chi connectivity index (χ0n) is 14.0. The van der Waals surface area contributed by atoms with Crippen LogP contribution < -0.4 is 0 Å². The molecule has 0 saturated heterocycles. The predicted octanol–water partition coefficient (Wildman–Crippen LogP) is 5.17. The summed E-state index contributed by atoms with van der Waals surface area (Å²) in [6.45, 7) is 8.25. The molecule has 2 heterocycles. The number of nitrogens with zero attached hydrogens (tertiary/aromatic N) is 4. The molecule has 0 unspecified atom stereocenters. The van der Waals surface area contributed by atoms with E-state index >= 15 is 0 Å². The van der Waals surface area contributed by atoms with Crippen molar-refractivity contribution in [1.82, 2.24) is 19.7 Å². The number of benzene rings is 1. The van der Waals surface area contributed by atoms with Crippen LogP contribution in [0.4, 0.5) is 0 Å². The van der Waals surface area contributed by atoms with E-state index in [1.165, 1.54) is 0 Å². The van der Waals surface area contributed by atoms with Crippen molar-refractivity contribution in [3.63, 3.8) is 0 Å². The Balaban J connectivity index is 1.80. The van der Waals surface area contributed by atoms with Crippen molar-refractivity contribution in [2.24, 2.45) is 0 Å². The number of thioether (sulfide) groups is 1. The molecule has 7 heteroatoms. The van der Waals surface area contributed by atoms with Crippen LogP contribution in [0.15, 0.2) is 50.8 Å². The lowest BCUT2D eigenvalue weighted by molar-refractivity contribution is 0.364. The van der Waals surface area contributed by atoms with E-state index < -0.39 is 0 Å². The summed E-state index contributed by atoms with van der Waals surface area (Å²) >= 11 is 5.06. The topological polar surface area (TPSA) is 56.7 Å². The Bertz CT molecular complexity index is 820. The number of imidazole rings is 1. The number of aromatic nitrogens is 4. The normalized spacial score (nSPS) is 13.2. The lowest BCUT2D eigenvalue weighted by Gasteiger charge is -2.11. The fourth-order valence-electron chi connectivity index (χ4n) is 2.09. The molecule has 126 valence electrons. The van der Waals surface area contributed by atoms with Gasteiger partial charge in [-0.15, -0.1) is 0 Å². The minimum atomic E-state index is -0.123. The molecule has 24 heavy (non-hydrogen) atoms. The lowest BCUT2D eigenvalue weighted by atomic mass is 9.96. The van der Waals surface area contributed by atoms with Gasteiger partial charge in [0.2, 0.25) is 5.89 Å². The van der Waals surface area contributed by atoms with Crippen molar-refractivity contribution in [3.8, 4) is 5.69 Å². The summed E-state index contributed by atoms with van der Waals surface area (Å²) in [5.41, 5.74) is 0.938. The van der Waals surface area contributed by atoms with Crippen LogP contribution in [-0.2, 0) is 5.41 Å². The molecule has 0 aliphatic carbocycles. The SMILES string of the molecule is C[C@H](Sc1nccn1-c1ccc(Br)cc1)c1nc(C(C)(C)C)no1. The summed E-state index contributed by atoms with van der Waals surface area (Å²) in [6, 6.07) is 8.12. The fourth-order valence-corrected chi connectivity index (χ4v) is 3.27. The van der Waals surface area contributed by atoms with Gasteiger partial charge in [0.25, 0.3) is 0 Å². The van der Waals surface area contributed by atoms with E-state index in [-0.39, 0.29) is 10.7 Å². The standard InChI is InChI=1S/C17H19BrN4OS/c1-11(14-20-15(21-23-14)17(2,3)4)24-16-19-9-10-22(16)13-7-5-12(18)6-8-13/h5-11H,1-4H3/t11-/m0/s1. The first-order valence-corrected chi connectivity index (χ1v) is 9.32. The Kier molecular flexibility index (Phi) is 4.83. The Hall–Kier alpha value is -1.60. The van der Waals surface area contributed by atoms with Gasteiger partial charge in [-0.2, -0.15) is 4.98 Å². The third kappa shape index (κ3) is 3.72. The summed E-state index contributed by atoms with van der Waals surface area (Å²) in [5, 5.41) is 5.00. The summed E-state index contributed by atoms with van der Waals surface area (Å²) in [6.07, 6.45) is 3.75. The molecule has 2 aromatic heterocycles. The van der Waals surface area contributed by atoms with Crippen LogP contribution in [0.25, 0.3) is 5.69 Å². The van der Waals surface area contributed by atoms with Crippen molar-refractivity contribution in [1.29, 1.82) is 0 Å². The van der Waals surface area contributed by atoms with E-state index in [0.717, 1.165) is 21.1 Å². The molecule has 1 atom stereocenters. The highest BCUT2D eigenvalue weighted by Gasteiger charge is 2.24. The van der Waals surface area contributed by atoms with E-state index in [0.29, 0.717) is 5.89 Å². The maximum atomic E-state index is 5.44. The Morgan fingerprint density at radius 1 is 1.21 bits per heavy atom. The van der Waals surface area contributed by atoms with Gasteiger partial charge in [0.15, 0.2) is 11.0 Å². The van der Waals surface area contributed by atoms with E-state index in [2.05, 4.69) is 56.4 Å². The summed E-state index contributed by atoms with van der Waals surface area (Å²) in [4.78, 5) is 8.99. The second kappa shape index (κ2) is 6.72. The molecule has 0 fully saturated rings. The molecular weight excluding hydrogens is 388 g/mol. The average Bonchev–Trinajstić information content (AvgIpc) is 3.16. The zero-order chi connectivity index (χ0) is 17.3. The molecule has 0 bridgehead atoms. The third-order valence-electron chi connectivity index (χ3n) is 3.45. The molecule has 5 nitrogen and oxygen atoms in total. The van der Waals surface area contributed by atoms with Gasteiger partial charge in [0.1, 0.15) is 0 Å². The number of hydrogen-bond acceptors (Lipinski definition) is 5. The van der Waals surface area contributed by atoms with Crippen molar-refractivity contribution in [3.05, 3.63) is 52.8 Å². The molecule has 0 N–H and O–H groups in total. The van der Waals surface area contributed by atoms with Crippen molar-refractivity contribution in [2.75, 3.05) is 0 Å². The Morgan fingerprint density at radius 2 is 1.92 bits per heavy atom. The van der Waals surface area contributed by atoms with Crippen molar-refractivity contribution in [2.45, 2.75) is 43.5 Å². The summed E-state index contributed by atoms with van der Waals surface area (Å²) in [7, 11) is 0. The van der Waals surface area contributed by atoms with E-state index in [4.69, 9.17) is 4.52 Å². The minimum Gasteiger partial charge on any atom is -0.338 e. The monoisotopic (exact) mass is 406 g/mol. The van der Waals surface area contributed by atoms with Crippen LogP contribution in [0.3, 0.4) is 0 Å². The first-order valence-electron chi connectivity index (χ1n) is 7.64. The largest absolute Gasteiger partial charge is 0.338 e. The zero-order valence-corrected chi connectivity index (χ0v) is 16.4. The van der Waals surface area contributed by atoms with Gasteiger partial charge in [-0.05, 0) is 31.2 Å². The van der Waals surface area contributed by atoms with Crippen LogP contribution >= 0.6 is 27.7 Å². The Labute approximate surface area is 154 Å². The number of rotatable bonds is 4.